The summed E-state index contributed by atoms with van der Waals surface area (Å²) in [7, 11) is 0. The van der Waals surface area contributed by atoms with E-state index in [0.29, 0.717) is 5.41 Å². The number of benzene rings is 1. The average molecular weight is 202 g/mol. The van der Waals surface area contributed by atoms with E-state index in [-0.39, 0.29) is 0 Å². The molecule has 1 unspecified atom stereocenters. The fraction of sp³-hybridized carbons (Fsp3) is 0.462. The molecule has 1 aliphatic rings. The van der Waals surface area contributed by atoms with E-state index < -0.39 is 0 Å². The number of hydrogen-bond acceptors (Lipinski definition) is 2. The molecule has 0 bridgehead atoms. The van der Waals surface area contributed by atoms with Crippen LogP contribution in [0.5, 0.6) is 0 Å². The SMILES string of the molecule is CCC1(C)CC(=NN)c2ccccc2C1. The molecule has 0 spiro atoms. The van der Waals surface area contributed by atoms with Crippen LogP contribution in [-0.2, 0) is 6.42 Å². The Labute approximate surface area is 91.2 Å². The highest BCUT2D eigenvalue weighted by molar-refractivity contribution is 6.03. The molecule has 1 aliphatic carbocycles. The van der Waals surface area contributed by atoms with Gasteiger partial charge in [-0.25, -0.2) is 0 Å². The Morgan fingerprint density at radius 2 is 2.07 bits per heavy atom. The summed E-state index contributed by atoms with van der Waals surface area (Å²) in [6.45, 7) is 4.55. The number of rotatable bonds is 1. The average Bonchev–Trinajstić information content (AvgIpc) is 2.28. The van der Waals surface area contributed by atoms with E-state index in [9.17, 15) is 0 Å². The van der Waals surface area contributed by atoms with Crippen molar-refractivity contribution in [3.8, 4) is 0 Å². The molecule has 2 heteroatoms. The van der Waals surface area contributed by atoms with E-state index >= 15 is 0 Å². The molecule has 0 fully saturated rings. The van der Waals surface area contributed by atoms with Crippen LogP contribution in [0.15, 0.2) is 29.4 Å². The van der Waals surface area contributed by atoms with E-state index in [1.165, 1.54) is 17.5 Å². The molecule has 0 radical (unpaired) electrons. The Bertz CT molecular complexity index is 395. The van der Waals surface area contributed by atoms with Gasteiger partial charge in [0.15, 0.2) is 0 Å². The van der Waals surface area contributed by atoms with Crippen LogP contribution in [0.3, 0.4) is 0 Å². The fourth-order valence-electron chi connectivity index (χ4n) is 2.34. The molecule has 80 valence electrons. The third-order valence-electron chi connectivity index (χ3n) is 3.55. The van der Waals surface area contributed by atoms with Gasteiger partial charge in [0.2, 0.25) is 0 Å². The largest absolute Gasteiger partial charge is 0.323 e. The van der Waals surface area contributed by atoms with E-state index in [0.717, 1.165) is 18.6 Å². The first-order chi connectivity index (χ1) is 7.18. The van der Waals surface area contributed by atoms with Crippen LogP contribution in [0.1, 0.15) is 37.8 Å². The number of hydrazone groups is 1. The number of fused-ring (bicyclic) bond motifs is 1. The zero-order chi connectivity index (χ0) is 10.9. The highest BCUT2D eigenvalue weighted by atomic mass is 15.1. The second-order valence-electron chi connectivity index (χ2n) is 4.75. The van der Waals surface area contributed by atoms with Gasteiger partial charge in [0, 0.05) is 5.56 Å². The zero-order valence-electron chi connectivity index (χ0n) is 9.46. The highest BCUT2D eigenvalue weighted by Crippen LogP contribution is 2.37. The highest BCUT2D eigenvalue weighted by Gasteiger charge is 2.31. The quantitative estimate of drug-likeness (QED) is 0.552. The van der Waals surface area contributed by atoms with Crippen molar-refractivity contribution in [2.75, 3.05) is 0 Å². The van der Waals surface area contributed by atoms with Gasteiger partial charge in [0.1, 0.15) is 0 Å². The predicted molar refractivity (Wildman–Crippen MR) is 63.9 cm³/mol. The van der Waals surface area contributed by atoms with Gasteiger partial charge in [-0.15, -0.1) is 0 Å². The molecule has 1 aromatic rings. The van der Waals surface area contributed by atoms with Gasteiger partial charge in [-0.05, 0) is 23.8 Å². The predicted octanol–water partition coefficient (Wildman–Crippen LogP) is 2.71. The molecule has 0 saturated heterocycles. The molecule has 2 rings (SSSR count). The van der Waals surface area contributed by atoms with Crippen LogP contribution in [0.2, 0.25) is 0 Å². The summed E-state index contributed by atoms with van der Waals surface area (Å²) in [5, 5.41) is 3.95. The summed E-state index contributed by atoms with van der Waals surface area (Å²) in [5.74, 6) is 5.48. The maximum Gasteiger partial charge on any atom is 0.0681 e. The van der Waals surface area contributed by atoms with Gasteiger partial charge in [-0.2, -0.15) is 5.10 Å². The van der Waals surface area contributed by atoms with Gasteiger partial charge >= 0.3 is 0 Å². The van der Waals surface area contributed by atoms with Crippen molar-refractivity contribution in [1.82, 2.24) is 0 Å². The number of nitrogens with two attached hydrogens (primary N) is 1. The molecular formula is C13H18N2. The summed E-state index contributed by atoms with van der Waals surface area (Å²) in [6.07, 6.45) is 3.30. The second kappa shape index (κ2) is 3.69. The van der Waals surface area contributed by atoms with Crippen molar-refractivity contribution >= 4 is 5.71 Å². The maximum absolute atomic E-state index is 5.48. The Morgan fingerprint density at radius 1 is 1.33 bits per heavy atom. The van der Waals surface area contributed by atoms with Crippen molar-refractivity contribution in [2.24, 2.45) is 16.4 Å². The first-order valence-corrected chi connectivity index (χ1v) is 5.53. The molecule has 0 heterocycles. The van der Waals surface area contributed by atoms with Crippen LogP contribution in [-0.4, -0.2) is 5.71 Å². The molecular weight excluding hydrogens is 184 g/mol. The molecule has 0 aliphatic heterocycles. The minimum absolute atomic E-state index is 0.326. The van der Waals surface area contributed by atoms with Crippen LogP contribution >= 0.6 is 0 Å². The van der Waals surface area contributed by atoms with Crippen LogP contribution in [0.4, 0.5) is 0 Å². The number of nitrogens with zero attached hydrogens (tertiary/aromatic N) is 1. The lowest BCUT2D eigenvalue weighted by molar-refractivity contribution is 0.316. The molecule has 0 saturated carbocycles. The van der Waals surface area contributed by atoms with Gasteiger partial charge in [-0.3, -0.25) is 0 Å². The molecule has 0 aromatic heterocycles. The Balaban J connectivity index is 2.48. The number of hydrogen-bond donors (Lipinski definition) is 1. The Kier molecular flexibility index (Phi) is 2.51. The Hall–Kier alpha value is -1.31. The molecule has 1 atom stereocenters. The van der Waals surface area contributed by atoms with Crippen molar-refractivity contribution < 1.29 is 0 Å². The summed E-state index contributed by atoms with van der Waals surface area (Å²) in [6, 6.07) is 8.46. The van der Waals surface area contributed by atoms with Gasteiger partial charge in [0.05, 0.1) is 5.71 Å². The van der Waals surface area contributed by atoms with Crippen molar-refractivity contribution in [2.45, 2.75) is 33.1 Å². The standard InChI is InChI=1S/C13H18N2/c1-3-13(2)8-10-6-4-5-7-11(10)12(9-13)15-14/h4-7H,3,8-9,14H2,1-2H3. The zero-order valence-corrected chi connectivity index (χ0v) is 9.46. The molecule has 1 aromatic carbocycles. The molecule has 0 amide bonds. The third-order valence-corrected chi connectivity index (χ3v) is 3.55. The van der Waals surface area contributed by atoms with Gasteiger partial charge < -0.3 is 5.84 Å². The molecule has 2 nitrogen and oxygen atoms in total. The van der Waals surface area contributed by atoms with Gasteiger partial charge in [-0.1, -0.05) is 44.5 Å². The first kappa shape index (κ1) is 10.2. The second-order valence-corrected chi connectivity index (χ2v) is 4.75. The minimum Gasteiger partial charge on any atom is -0.323 e. The molecule has 2 N–H and O–H groups in total. The lowest BCUT2D eigenvalue weighted by atomic mass is 9.70. The van der Waals surface area contributed by atoms with E-state index in [4.69, 9.17) is 5.84 Å². The van der Waals surface area contributed by atoms with Crippen molar-refractivity contribution in [3.63, 3.8) is 0 Å². The summed E-state index contributed by atoms with van der Waals surface area (Å²) >= 11 is 0. The van der Waals surface area contributed by atoms with Crippen LogP contribution in [0.25, 0.3) is 0 Å². The minimum atomic E-state index is 0.326. The van der Waals surface area contributed by atoms with Crippen molar-refractivity contribution in [3.05, 3.63) is 35.4 Å². The summed E-state index contributed by atoms with van der Waals surface area (Å²) < 4.78 is 0. The van der Waals surface area contributed by atoms with Crippen LogP contribution in [0, 0.1) is 5.41 Å². The lowest BCUT2D eigenvalue weighted by Crippen LogP contribution is -2.30. The van der Waals surface area contributed by atoms with E-state index in [2.05, 4.69) is 43.2 Å². The Morgan fingerprint density at radius 3 is 2.73 bits per heavy atom. The van der Waals surface area contributed by atoms with E-state index in [1.54, 1.807) is 0 Å². The normalized spacial score (nSPS) is 27.7. The van der Waals surface area contributed by atoms with Gasteiger partial charge in [0.25, 0.3) is 0 Å². The van der Waals surface area contributed by atoms with Crippen LogP contribution < -0.4 is 5.84 Å². The first-order valence-electron chi connectivity index (χ1n) is 5.53. The maximum atomic E-state index is 5.48. The smallest absolute Gasteiger partial charge is 0.0681 e. The topological polar surface area (TPSA) is 38.4 Å². The van der Waals surface area contributed by atoms with E-state index in [1.807, 2.05) is 0 Å². The monoisotopic (exact) mass is 202 g/mol. The summed E-state index contributed by atoms with van der Waals surface area (Å²) in [5.41, 5.74) is 4.01. The lowest BCUT2D eigenvalue weighted by Gasteiger charge is -2.34. The summed E-state index contributed by atoms with van der Waals surface area (Å²) in [4.78, 5) is 0. The molecule has 15 heavy (non-hydrogen) atoms. The third kappa shape index (κ3) is 1.76. The fourth-order valence-corrected chi connectivity index (χ4v) is 2.34. The van der Waals surface area contributed by atoms with Crippen molar-refractivity contribution in [1.29, 1.82) is 0 Å².